The van der Waals surface area contributed by atoms with Crippen molar-refractivity contribution in [2.24, 2.45) is 0 Å². The molecule has 0 aliphatic carbocycles. The molecule has 222 valence electrons. The van der Waals surface area contributed by atoms with Gasteiger partial charge in [0.15, 0.2) is 12.4 Å². The molecule has 4 N–H and O–H groups in total. The molecule has 0 radical (unpaired) electrons. The predicted octanol–water partition coefficient (Wildman–Crippen LogP) is 2.37. The summed E-state index contributed by atoms with van der Waals surface area (Å²) < 4.78 is 18.1. The van der Waals surface area contributed by atoms with Crippen LogP contribution in [0.1, 0.15) is 43.7 Å². The first kappa shape index (κ1) is 30.1. The second-order valence-corrected chi connectivity index (χ2v) is 10.1. The van der Waals surface area contributed by atoms with E-state index in [0.717, 1.165) is 35.9 Å². The summed E-state index contributed by atoms with van der Waals surface area (Å²) in [6, 6.07) is 7.52. The van der Waals surface area contributed by atoms with Crippen molar-refractivity contribution in [3.05, 3.63) is 41.6 Å². The van der Waals surface area contributed by atoms with Gasteiger partial charge in [0.05, 0.1) is 45.0 Å². The molecule has 0 bridgehead atoms. The maximum Gasteiger partial charge on any atom is 0.306 e. The Kier molecular flexibility index (Phi) is 10.7. The summed E-state index contributed by atoms with van der Waals surface area (Å²) in [7, 11) is 1.62. The Labute approximate surface area is 239 Å². The number of nitrogens with one attached hydrogen (secondary N) is 1. The number of aliphatic hydroxyl groups excluding tert-OH is 1. The van der Waals surface area contributed by atoms with E-state index >= 15 is 0 Å². The third-order valence-corrected chi connectivity index (χ3v) is 7.12. The van der Waals surface area contributed by atoms with Crippen LogP contribution in [0.2, 0.25) is 0 Å². The van der Waals surface area contributed by atoms with Crippen molar-refractivity contribution < 1.29 is 28.9 Å². The SMILES string of the molecule is CCCCC(CO)Nc1nc(N)nc2ccn(Cc3cc(CCC(=O)OCC(=O)N4CCOCC4)ccc3OC)c12. The number of nitrogens with zero attached hydrogens (tertiary/aromatic N) is 4. The standard InChI is InChI=1S/C29H40N6O6/c1-3-4-5-22(18-36)31-28-27-23(32-29(30)33-28)10-11-35(27)17-21-16-20(6-8-24(21)39-2)7-9-26(38)41-19-25(37)34-12-14-40-15-13-34/h6,8,10-11,16,22,36H,3-5,7,9,12-15,17-19H2,1-2H3,(H3,30,31,32,33). The number of aliphatic hydroxyl groups is 1. The number of rotatable bonds is 14. The Morgan fingerprint density at radius 3 is 2.76 bits per heavy atom. The van der Waals surface area contributed by atoms with Crippen molar-refractivity contribution in [1.82, 2.24) is 19.4 Å². The lowest BCUT2D eigenvalue weighted by Crippen LogP contribution is -2.42. The molecule has 0 saturated carbocycles. The average molecular weight is 569 g/mol. The molecule has 1 aliphatic heterocycles. The highest BCUT2D eigenvalue weighted by molar-refractivity contribution is 5.88. The maximum absolute atomic E-state index is 12.4. The summed E-state index contributed by atoms with van der Waals surface area (Å²) in [6.45, 7) is 4.31. The molecule has 1 aromatic carbocycles. The van der Waals surface area contributed by atoms with Crippen LogP contribution >= 0.6 is 0 Å². The van der Waals surface area contributed by atoms with Crippen molar-refractivity contribution >= 4 is 34.7 Å². The molecular weight excluding hydrogens is 528 g/mol. The molecule has 3 aromatic rings. The monoisotopic (exact) mass is 568 g/mol. The topological polar surface area (TPSA) is 154 Å². The number of aromatic nitrogens is 3. The number of esters is 1. The van der Waals surface area contributed by atoms with Crippen LogP contribution in [0.25, 0.3) is 11.0 Å². The van der Waals surface area contributed by atoms with Crippen molar-refractivity contribution in [3.63, 3.8) is 0 Å². The van der Waals surface area contributed by atoms with Crippen LogP contribution in [0.5, 0.6) is 5.75 Å². The van der Waals surface area contributed by atoms with Gasteiger partial charge in [-0.2, -0.15) is 4.98 Å². The van der Waals surface area contributed by atoms with Gasteiger partial charge in [0.1, 0.15) is 11.3 Å². The number of aryl methyl sites for hydroxylation is 1. The van der Waals surface area contributed by atoms with Gasteiger partial charge in [-0.1, -0.05) is 31.9 Å². The quantitative estimate of drug-likeness (QED) is 0.247. The molecule has 0 spiro atoms. The summed E-state index contributed by atoms with van der Waals surface area (Å²) in [5, 5.41) is 13.3. The lowest BCUT2D eigenvalue weighted by atomic mass is 10.1. The first-order valence-electron chi connectivity index (χ1n) is 14.1. The van der Waals surface area contributed by atoms with E-state index in [1.807, 2.05) is 35.0 Å². The van der Waals surface area contributed by atoms with Gasteiger partial charge in [-0.05, 0) is 30.5 Å². The third-order valence-electron chi connectivity index (χ3n) is 7.12. The van der Waals surface area contributed by atoms with E-state index < -0.39 is 5.97 Å². The first-order valence-corrected chi connectivity index (χ1v) is 14.1. The zero-order valence-corrected chi connectivity index (χ0v) is 23.8. The fraction of sp³-hybridized carbons (Fsp3) is 0.517. The number of nitrogens with two attached hydrogens (primary N) is 1. The molecule has 3 heterocycles. The summed E-state index contributed by atoms with van der Waals surface area (Å²) in [5.74, 6) is 0.798. The number of benzene rings is 1. The fourth-order valence-corrected chi connectivity index (χ4v) is 4.87. The van der Waals surface area contributed by atoms with Crippen LogP contribution in [0.15, 0.2) is 30.5 Å². The molecular formula is C29H40N6O6. The number of ether oxygens (including phenoxy) is 3. The van der Waals surface area contributed by atoms with Crippen LogP contribution in [0.3, 0.4) is 0 Å². The van der Waals surface area contributed by atoms with E-state index in [4.69, 9.17) is 19.9 Å². The van der Waals surface area contributed by atoms with Gasteiger partial charge >= 0.3 is 5.97 Å². The van der Waals surface area contributed by atoms with Crippen molar-refractivity contribution in [2.75, 3.05) is 57.7 Å². The molecule has 1 unspecified atom stereocenters. The molecule has 41 heavy (non-hydrogen) atoms. The predicted molar refractivity (Wildman–Crippen MR) is 155 cm³/mol. The smallest absolute Gasteiger partial charge is 0.306 e. The van der Waals surface area contributed by atoms with E-state index in [1.165, 1.54) is 0 Å². The Morgan fingerprint density at radius 2 is 2.02 bits per heavy atom. The summed E-state index contributed by atoms with van der Waals surface area (Å²) in [5.41, 5.74) is 9.30. The highest BCUT2D eigenvalue weighted by Gasteiger charge is 2.19. The van der Waals surface area contributed by atoms with Crippen molar-refractivity contribution in [2.45, 2.75) is 51.6 Å². The molecule has 4 rings (SSSR count). The van der Waals surface area contributed by atoms with Gasteiger partial charge in [0.2, 0.25) is 5.95 Å². The highest BCUT2D eigenvalue weighted by atomic mass is 16.5. The maximum atomic E-state index is 12.4. The number of fused-ring (bicyclic) bond motifs is 1. The first-order chi connectivity index (χ1) is 19.9. The third kappa shape index (κ3) is 8.08. The van der Waals surface area contributed by atoms with E-state index in [2.05, 4.69) is 22.2 Å². The van der Waals surface area contributed by atoms with Crippen LogP contribution in [0, 0.1) is 0 Å². The van der Waals surface area contributed by atoms with Crippen molar-refractivity contribution in [3.8, 4) is 5.75 Å². The van der Waals surface area contributed by atoms with Crippen LogP contribution in [-0.4, -0.2) is 89.1 Å². The number of unbranched alkanes of at least 4 members (excludes halogenated alkanes) is 1. The number of hydrogen-bond donors (Lipinski definition) is 3. The van der Waals surface area contributed by atoms with Gasteiger partial charge in [-0.3, -0.25) is 9.59 Å². The minimum atomic E-state index is -0.424. The Morgan fingerprint density at radius 1 is 1.22 bits per heavy atom. The molecule has 12 nitrogen and oxygen atoms in total. The molecule has 12 heteroatoms. The average Bonchev–Trinajstić information content (AvgIpc) is 3.39. The number of carbonyl (C=O) groups is 2. The molecule has 1 fully saturated rings. The van der Waals surface area contributed by atoms with E-state index in [-0.39, 0.29) is 37.5 Å². The Hall–Kier alpha value is -3.90. The zero-order valence-electron chi connectivity index (χ0n) is 23.8. The lowest BCUT2D eigenvalue weighted by molar-refractivity contribution is -0.153. The second-order valence-electron chi connectivity index (χ2n) is 10.1. The molecule has 1 saturated heterocycles. The number of amides is 1. The van der Waals surface area contributed by atoms with Crippen molar-refractivity contribution in [1.29, 1.82) is 0 Å². The largest absolute Gasteiger partial charge is 0.496 e. The number of carbonyl (C=O) groups excluding carboxylic acids is 2. The molecule has 1 aliphatic rings. The molecule has 2 aromatic heterocycles. The van der Waals surface area contributed by atoms with Gasteiger partial charge in [0, 0.05) is 31.3 Å². The van der Waals surface area contributed by atoms with Gasteiger partial charge < -0.3 is 39.8 Å². The van der Waals surface area contributed by atoms with Crippen LogP contribution in [-0.2, 0) is 32.0 Å². The Balaban J connectivity index is 1.45. The van der Waals surface area contributed by atoms with E-state index in [1.54, 1.807) is 12.0 Å². The lowest BCUT2D eigenvalue weighted by Gasteiger charge is -2.26. The highest BCUT2D eigenvalue weighted by Crippen LogP contribution is 2.28. The van der Waals surface area contributed by atoms with E-state index in [0.29, 0.717) is 56.4 Å². The summed E-state index contributed by atoms with van der Waals surface area (Å²) >= 11 is 0. The number of morpholine rings is 1. The summed E-state index contributed by atoms with van der Waals surface area (Å²) in [6.07, 6.45) is 5.32. The number of anilines is 2. The normalized spacial score (nSPS) is 14.2. The van der Waals surface area contributed by atoms with Gasteiger partial charge in [-0.25, -0.2) is 4.98 Å². The van der Waals surface area contributed by atoms with Crippen LogP contribution < -0.4 is 15.8 Å². The number of nitrogen functional groups attached to an aromatic ring is 1. The number of hydrogen-bond acceptors (Lipinski definition) is 10. The molecule has 1 amide bonds. The fourth-order valence-electron chi connectivity index (χ4n) is 4.87. The minimum absolute atomic E-state index is 0.0220. The van der Waals surface area contributed by atoms with Gasteiger partial charge in [0.25, 0.3) is 5.91 Å². The summed E-state index contributed by atoms with van der Waals surface area (Å²) in [4.78, 5) is 35.1. The van der Waals surface area contributed by atoms with Gasteiger partial charge in [-0.15, -0.1) is 0 Å². The minimum Gasteiger partial charge on any atom is -0.496 e. The number of methoxy groups -OCH3 is 1. The zero-order chi connectivity index (χ0) is 29.2. The second kappa shape index (κ2) is 14.6. The van der Waals surface area contributed by atoms with Crippen LogP contribution in [0.4, 0.5) is 11.8 Å². The Bertz CT molecular complexity index is 1320. The van der Waals surface area contributed by atoms with E-state index in [9.17, 15) is 14.7 Å². The molecule has 1 atom stereocenters.